The smallest absolute Gasteiger partial charge is 0.160 e. The molecule has 1 heterocycles. The van der Waals surface area contributed by atoms with Crippen molar-refractivity contribution in [2.45, 2.75) is 71.5 Å². The molecular formula is C17H29NO2. The highest BCUT2D eigenvalue weighted by Gasteiger charge is 2.39. The lowest BCUT2D eigenvalue weighted by molar-refractivity contribution is -0.244. The van der Waals surface area contributed by atoms with Gasteiger partial charge in [-0.15, -0.1) is 0 Å². The van der Waals surface area contributed by atoms with Gasteiger partial charge in [0.1, 0.15) is 5.41 Å². The summed E-state index contributed by atoms with van der Waals surface area (Å²) < 4.78 is 11.9. The summed E-state index contributed by atoms with van der Waals surface area (Å²) in [6.07, 6.45) is 9.58. The molecule has 3 nitrogen and oxygen atoms in total. The largest absolute Gasteiger partial charge is 0.351 e. The molecule has 2 aliphatic rings. The summed E-state index contributed by atoms with van der Waals surface area (Å²) in [6.45, 7) is 5.49. The van der Waals surface area contributed by atoms with E-state index in [0.717, 1.165) is 18.8 Å². The van der Waals surface area contributed by atoms with E-state index in [1.165, 1.54) is 38.5 Å². The Morgan fingerprint density at radius 1 is 1.05 bits per heavy atom. The van der Waals surface area contributed by atoms with Crippen LogP contribution in [0.2, 0.25) is 0 Å². The van der Waals surface area contributed by atoms with Gasteiger partial charge < -0.3 is 9.47 Å². The predicted molar refractivity (Wildman–Crippen MR) is 79.0 cm³/mol. The Morgan fingerprint density at radius 2 is 1.70 bits per heavy atom. The third-order valence-corrected chi connectivity index (χ3v) is 4.99. The molecule has 20 heavy (non-hydrogen) atoms. The van der Waals surface area contributed by atoms with Gasteiger partial charge in [0.15, 0.2) is 6.29 Å². The molecule has 0 aromatic rings. The highest BCUT2D eigenvalue weighted by atomic mass is 16.7. The van der Waals surface area contributed by atoms with Crippen LogP contribution in [0, 0.1) is 28.6 Å². The quantitative estimate of drug-likeness (QED) is 0.754. The zero-order valence-electron chi connectivity index (χ0n) is 13.1. The molecule has 0 bridgehead atoms. The highest BCUT2D eigenvalue weighted by Crippen LogP contribution is 2.38. The Hall–Kier alpha value is -0.590. The summed E-state index contributed by atoms with van der Waals surface area (Å²) in [6, 6.07) is 2.42. The fourth-order valence-corrected chi connectivity index (χ4v) is 3.75. The van der Waals surface area contributed by atoms with Crippen LogP contribution in [0.5, 0.6) is 0 Å². The second-order valence-electron chi connectivity index (χ2n) is 6.70. The first-order valence-electron chi connectivity index (χ1n) is 8.37. The fraction of sp³-hybridized carbons (Fsp3) is 0.941. The van der Waals surface area contributed by atoms with Crippen molar-refractivity contribution in [1.29, 1.82) is 5.26 Å². The van der Waals surface area contributed by atoms with Crippen LogP contribution in [0.4, 0.5) is 0 Å². The summed E-state index contributed by atoms with van der Waals surface area (Å²) in [5, 5.41) is 9.35. The summed E-state index contributed by atoms with van der Waals surface area (Å²) in [7, 11) is 0. The van der Waals surface area contributed by atoms with Crippen LogP contribution in [0.15, 0.2) is 0 Å². The molecule has 0 atom stereocenters. The van der Waals surface area contributed by atoms with Crippen LogP contribution in [0.25, 0.3) is 0 Å². The van der Waals surface area contributed by atoms with Crippen molar-refractivity contribution >= 4 is 0 Å². The van der Waals surface area contributed by atoms with E-state index in [1.54, 1.807) is 0 Å². The van der Waals surface area contributed by atoms with Gasteiger partial charge in [-0.1, -0.05) is 33.1 Å². The van der Waals surface area contributed by atoms with Crippen LogP contribution in [0.3, 0.4) is 0 Å². The van der Waals surface area contributed by atoms with Crippen molar-refractivity contribution in [3.63, 3.8) is 0 Å². The lowest BCUT2D eigenvalue weighted by Crippen LogP contribution is -2.44. The third-order valence-electron chi connectivity index (χ3n) is 4.99. The minimum atomic E-state index is -0.398. The van der Waals surface area contributed by atoms with Crippen molar-refractivity contribution in [3.05, 3.63) is 0 Å². The van der Waals surface area contributed by atoms with E-state index in [1.807, 2.05) is 0 Å². The van der Waals surface area contributed by atoms with Gasteiger partial charge in [-0.2, -0.15) is 5.26 Å². The van der Waals surface area contributed by atoms with Gasteiger partial charge in [-0.3, -0.25) is 0 Å². The second kappa shape index (κ2) is 7.43. The SMILES string of the molecule is CCCC1CCC(C2OCC(C#N)(CCC)CO2)CC1. The Bertz CT molecular complexity index is 320. The van der Waals surface area contributed by atoms with Gasteiger partial charge in [-0.25, -0.2) is 0 Å². The molecule has 0 N–H and O–H groups in total. The van der Waals surface area contributed by atoms with E-state index in [9.17, 15) is 5.26 Å². The summed E-state index contributed by atoms with van der Waals surface area (Å²) in [5.41, 5.74) is -0.398. The van der Waals surface area contributed by atoms with Gasteiger partial charge in [0, 0.05) is 5.92 Å². The molecular weight excluding hydrogens is 250 g/mol. The average molecular weight is 279 g/mol. The van der Waals surface area contributed by atoms with E-state index in [0.29, 0.717) is 19.1 Å². The molecule has 0 radical (unpaired) electrons. The van der Waals surface area contributed by atoms with E-state index >= 15 is 0 Å². The lowest BCUT2D eigenvalue weighted by Gasteiger charge is -2.40. The van der Waals surface area contributed by atoms with Crippen molar-refractivity contribution in [3.8, 4) is 6.07 Å². The Morgan fingerprint density at radius 3 is 2.20 bits per heavy atom. The molecule has 1 saturated heterocycles. The molecule has 3 heteroatoms. The maximum Gasteiger partial charge on any atom is 0.160 e. The second-order valence-corrected chi connectivity index (χ2v) is 6.70. The third kappa shape index (κ3) is 3.74. The Kier molecular flexibility index (Phi) is 5.86. The van der Waals surface area contributed by atoms with E-state index < -0.39 is 5.41 Å². The molecule has 1 aliphatic carbocycles. The highest BCUT2D eigenvalue weighted by molar-refractivity contribution is 5.00. The van der Waals surface area contributed by atoms with Gasteiger partial charge in [0.2, 0.25) is 0 Å². The molecule has 0 aromatic heterocycles. The van der Waals surface area contributed by atoms with Gasteiger partial charge in [-0.05, 0) is 38.0 Å². The fourth-order valence-electron chi connectivity index (χ4n) is 3.75. The summed E-state index contributed by atoms with van der Waals surface area (Å²) in [5.74, 6) is 1.46. The molecule has 0 spiro atoms. The Balaban J connectivity index is 1.79. The van der Waals surface area contributed by atoms with E-state index in [4.69, 9.17) is 9.47 Å². The number of nitriles is 1. The van der Waals surface area contributed by atoms with Gasteiger partial charge >= 0.3 is 0 Å². The standard InChI is InChI=1S/C17H29NO2/c1-3-5-14-6-8-15(9-7-14)16-19-12-17(11-18,10-4-2)13-20-16/h14-16H,3-10,12-13H2,1-2H3. The number of nitrogens with zero attached hydrogens (tertiary/aromatic N) is 1. The van der Waals surface area contributed by atoms with Crippen LogP contribution >= 0.6 is 0 Å². The normalized spacial score (nSPS) is 38.4. The molecule has 0 unspecified atom stereocenters. The minimum absolute atomic E-state index is 0.0593. The molecule has 0 amide bonds. The van der Waals surface area contributed by atoms with Crippen LogP contribution < -0.4 is 0 Å². The molecule has 1 aliphatic heterocycles. The van der Waals surface area contributed by atoms with Crippen molar-refractivity contribution < 1.29 is 9.47 Å². The van der Waals surface area contributed by atoms with Crippen molar-refractivity contribution in [2.24, 2.45) is 17.3 Å². The summed E-state index contributed by atoms with van der Waals surface area (Å²) in [4.78, 5) is 0. The molecule has 2 fully saturated rings. The van der Waals surface area contributed by atoms with Crippen molar-refractivity contribution in [2.75, 3.05) is 13.2 Å². The van der Waals surface area contributed by atoms with Crippen LogP contribution in [-0.2, 0) is 9.47 Å². The monoisotopic (exact) mass is 279 g/mol. The number of rotatable bonds is 5. The molecule has 1 saturated carbocycles. The number of hydrogen-bond acceptors (Lipinski definition) is 3. The number of hydrogen-bond donors (Lipinski definition) is 0. The first kappa shape index (κ1) is 15.8. The van der Waals surface area contributed by atoms with Gasteiger partial charge in [0.25, 0.3) is 0 Å². The Labute approximate surface area is 123 Å². The lowest BCUT2D eigenvalue weighted by atomic mass is 9.79. The topological polar surface area (TPSA) is 42.2 Å². The minimum Gasteiger partial charge on any atom is -0.351 e. The first-order valence-corrected chi connectivity index (χ1v) is 8.37. The van der Waals surface area contributed by atoms with Gasteiger partial charge in [0.05, 0.1) is 19.3 Å². The van der Waals surface area contributed by atoms with E-state index in [2.05, 4.69) is 19.9 Å². The van der Waals surface area contributed by atoms with Crippen LogP contribution in [-0.4, -0.2) is 19.5 Å². The van der Waals surface area contributed by atoms with E-state index in [-0.39, 0.29) is 6.29 Å². The zero-order valence-corrected chi connectivity index (χ0v) is 13.1. The maximum atomic E-state index is 9.35. The molecule has 114 valence electrons. The molecule has 0 aromatic carbocycles. The molecule has 2 rings (SSSR count). The van der Waals surface area contributed by atoms with Crippen LogP contribution in [0.1, 0.15) is 65.2 Å². The summed E-state index contributed by atoms with van der Waals surface area (Å²) >= 11 is 0. The zero-order chi connectivity index (χ0) is 14.4. The average Bonchev–Trinajstić information content (AvgIpc) is 2.50. The van der Waals surface area contributed by atoms with Crippen molar-refractivity contribution in [1.82, 2.24) is 0 Å². The first-order chi connectivity index (χ1) is 9.73. The predicted octanol–water partition coefficient (Wildman–Crippen LogP) is 4.28. The number of ether oxygens (including phenoxy) is 2. The maximum absolute atomic E-state index is 9.35.